The number of benzene rings is 1. The van der Waals surface area contributed by atoms with Crippen LogP contribution in [0.1, 0.15) is 38.2 Å². The number of fused-ring (bicyclic) bond motifs is 1. The molecule has 3 heteroatoms. The van der Waals surface area contributed by atoms with Crippen molar-refractivity contribution in [3.63, 3.8) is 0 Å². The first-order valence-electron chi connectivity index (χ1n) is 7.85. The van der Waals surface area contributed by atoms with Crippen molar-refractivity contribution < 1.29 is 0 Å². The average Bonchev–Trinajstić information content (AvgIpc) is 3.04. The average molecular weight is 312 g/mol. The van der Waals surface area contributed by atoms with Crippen LogP contribution in [0.25, 0.3) is 0 Å². The molecule has 110 valence electrons. The highest BCUT2D eigenvalue weighted by molar-refractivity contribution is 6.36. The minimum absolute atomic E-state index is 0.528. The van der Waals surface area contributed by atoms with Crippen molar-refractivity contribution in [2.24, 2.45) is 17.8 Å². The van der Waals surface area contributed by atoms with E-state index in [0.717, 1.165) is 46.3 Å². The van der Waals surface area contributed by atoms with E-state index in [4.69, 9.17) is 23.2 Å². The van der Waals surface area contributed by atoms with Gasteiger partial charge >= 0.3 is 0 Å². The van der Waals surface area contributed by atoms with E-state index in [9.17, 15) is 0 Å². The van der Waals surface area contributed by atoms with Crippen LogP contribution in [-0.4, -0.2) is 12.6 Å². The summed E-state index contributed by atoms with van der Waals surface area (Å²) >= 11 is 12.7. The van der Waals surface area contributed by atoms with E-state index < -0.39 is 0 Å². The molecule has 0 amide bonds. The molecular formula is C17H23Cl2N. The van der Waals surface area contributed by atoms with Crippen molar-refractivity contribution >= 4 is 23.2 Å². The molecule has 0 radical (unpaired) electrons. The van der Waals surface area contributed by atoms with Gasteiger partial charge in [-0.2, -0.15) is 0 Å². The molecule has 0 spiro atoms. The van der Waals surface area contributed by atoms with Gasteiger partial charge in [0.1, 0.15) is 0 Å². The van der Waals surface area contributed by atoms with Crippen molar-refractivity contribution in [2.75, 3.05) is 6.54 Å². The van der Waals surface area contributed by atoms with Gasteiger partial charge in [-0.05, 0) is 74.1 Å². The van der Waals surface area contributed by atoms with Gasteiger partial charge in [-0.25, -0.2) is 0 Å². The lowest BCUT2D eigenvalue weighted by Crippen LogP contribution is -2.38. The third-order valence-corrected chi connectivity index (χ3v) is 5.70. The van der Waals surface area contributed by atoms with Crippen molar-refractivity contribution in [1.29, 1.82) is 0 Å². The van der Waals surface area contributed by atoms with E-state index in [1.54, 1.807) is 0 Å². The van der Waals surface area contributed by atoms with Gasteiger partial charge in [0.05, 0.1) is 0 Å². The molecule has 0 saturated heterocycles. The monoisotopic (exact) mass is 311 g/mol. The molecular weight excluding hydrogens is 289 g/mol. The molecule has 0 aromatic heterocycles. The number of rotatable bonds is 6. The number of hydrogen-bond acceptors (Lipinski definition) is 1. The van der Waals surface area contributed by atoms with Crippen molar-refractivity contribution in [2.45, 2.75) is 45.1 Å². The second kappa shape index (κ2) is 6.25. The van der Waals surface area contributed by atoms with Crippen LogP contribution in [0.3, 0.4) is 0 Å². The maximum atomic E-state index is 6.34. The van der Waals surface area contributed by atoms with E-state index in [1.807, 2.05) is 18.2 Å². The highest BCUT2D eigenvalue weighted by atomic mass is 35.5. The largest absolute Gasteiger partial charge is 0.313 e. The van der Waals surface area contributed by atoms with Crippen molar-refractivity contribution in [1.82, 2.24) is 5.32 Å². The Hall–Kier alpha value is -0.240. The van der Waals surface area contributed by atoms with Crippen molar-refractivity contribution in [3.05, 3.63) is 33.8 Å². The van der Waals surface area contributed by atoms with Gasteiger partial charge in [-0.3, -0.25) is 0 Å². The molecule has 2 fully saturated rings. The second-order valence-corrected chi connectivity index (χ2v) is 7.27. The fourth-order valence-corrected chi connectivity index (χ4v) is 4.32. The van der Waals surface area contributed by atoms with Crippen LogP contribution < -0.4 is 5.32 Å². The summed E-state index contributed by atoms with van der Waals surface area (Å²) < 4.78 is 0. The maximum absolute atomic E-state index is 6.34. The summed E-state index contributed by atoms with van der Waals surface area (Å²) in [5.41, 5.74) is 1.12. The van der Waals surface area contributed by atoms with Crippen LogP contribution in [0.5, 0.6) is 0 Å². The molecule has 3 atom stereocenters. The Morgan fingerprint density at radius 3 is 2.40 bits per heavy atom. The zero-order valence-corrected chi connectivity index (χ0v) is 13.6. The maximum Gasteiger partial charge on any atom is 0.0453 e. The van der Waals surface area contributed by atoms with Gasteiger partial charge in [0, 0.05) is 16.1 Å². The molecule has 1 nitrogen and oxygen atoms in total. The highest BCUT2D eigenvalue weighted by Gasteiger charge is 2.47. The van der Waals surface area contributed by atoms with E-state index in [0.29, 0.717) is 6.04 Å². The van der Waals surface area contributed by atoms with E-state index in [2.05, 4.69) is 12.2 Å². The smallest absolute Gasteiger partial charge is 0.0453 e. The Kier molecular flexibility index (Phi) is 4.59. The molecule has 3 unspecified atom stereocenters. The molecule has 2 aliphatic rings. The summed E-state index contributed by atoms with van der Waals surface area (Å²) in [6, 6.07) is 6.35. The summed E-state index contributed by atoms with van der Waals surface area (Å²) in [6.07, 6.45) is 6.40. The highest BCUT2D eigenvalue weighted by Crippen LogP contribution is 2.55. The lowest BCUT2D eigenvalue weighted by Gasteiger charge is -2.27. The quantitative estimate of drug-likeness (QED) is 0.783. The normalized spacial score (nSPS) is 29.2. The SMILES string of the molecule is CCCNC(Cc1c(Cl)cccc1Cl)C1CC2CC2C1. The molecule has 0 heterocycles. The number of nitrogens with one attached hydrogen (secondary N) is 1. The Morgan fingerprint density at radius 2 is 1.80 bits per heavy atom. The van der Waals surface area contributed by atoms with Gasteiger partial charge in [0.25, 0.3) is 0 Å². The van der Waals surface area contributed by atoms with Crippen LogP contribution in [0, 0.1) is 17.8 Å². The zero-order valence-electron chi connectivity index (χ0n) is 12.0. The minimum atomic E-state index is 0.528. The Labute approximate surface area is 132 Å². The van der Waals surface area contributed by atoms with E-state index in [1.165, 1.54) is 25.7 Å². The number of halogens is 2. The minimum Gasteiger partial charge on any atom is -0.313 e. The van der Waals surface area contributed by atoms with E-state index in [-0.39, 0.29) is 0 Å². The topological polar surface area (TPSA) is 12.0 Å². The van der Waals surface area contributed by atoms with Gasteiger partial charge in [0.15, 0.2) is 0 Å². The summed E-state index contributed by atoms with van der Waals surface area (Å²) in [6.45, 7) is 3.30. The lowest BCUT2D eigenvalue weighted by molar-refractivity contribution is 0.332. The summed E-state index contributed by atoms with van der Waals surface area (Å²) in [7, 11) is 0. The Morgan fingerprint density at radius 1 is 1.15 bits per heavy atom. The third kappa shape index (κ3) is 3.16. The first-order chi connectivity index (χ1) is 9.69. The Balaban J connectivity index is 1.71. The molecule has 2 saturated carbocycles. The molecule has 0 aliphatic heterocycles. The summed E-state index contributed by atoms with van der Waals surface area (Å²) in [4.78, 5) is 0. The Bertz CT molecular complexity index is 444. The van der Waals surface area contributed by atoms with Gasteiger partial charge in [-0.15, -0.1) is 0 Å². The van der Waals surface area contributed by atoms with Crippen LogP contribution >= 0.6 is 23.2 Å². The molecule has 1 aromatic rings. The number of hydrogen-bond donors (Lipinski definition) is 1. The first kappa shape index (κ1) is 14.7. The molecule has 0 bridgehead atoms. The first-order valence-corrected chi connectivity index (χ1v) is 8.61. The fraction of sp³-hybridized carbons (Fsp3) is 0.647. The van der Waals surface area contributed by atoms with Gasteiger partial charge < -0.3 is 5.32 Å². The zero-order chi connectivity index (χ0) is 14.1. The van der Waals surface area contributed by atoms with Crippen LogP contribution in [0.15, 0.2) is 18.2 Å². The molecule has 20 heavy (non-hydrogen) atoms. The van der Waals surface area contributed by atoms with Crippen LogP contribution in [0.2, 0.25) is 10.0 Å². The fourth-order valence-electron chi connectivity index (χ4n) is 3.77. The molecule has 2 aliphatic carbocycles. The van der Waals surface area contributed by atoms with Crippen molar-refractivity contribution in [3.8, 4) is 0 Å². The van der Waals surface area contributed by atoms with Crippen LogP contribution in [0.4, 0.5) is 0 Å². The third-order valence-electron chi connectivity index (χ3n) is 4.99. The molecule has 1 aromatic carbocycles. The van der Waals surface area contributed by atoms with Gasteiger partial charge in [-0.1, -0.05) is 36.2 Å². The van der Waals surface area contributed by atoms with Crippen LogP contribution in [-0.2, 0) is 6.42 Å². The van der Waals surface area contributed by atoms with Gasteiger partial charge in [0.2, 0.25) is 0 Å². The summed E-state index contributed by atoms with van der Waals surface area (Å²) in [5, 5.41) is 5.36. The lowest BCUT2D eigenvalue weighted by atomic mass is 9.89. The second-order valence-electron chi connectivity index (χ2n) is 6.45. The standard InChI is InChI=1S/C17H23Cl2N/c1-2-6-20-17(13-8-11-7-12(11)9-13)10-14-15(18)4-3-5-16(14)19/h3-5,11-13,17,20H,2,6-10H2,1H3. The summed E-state index contributed by atoms with van der Waals surface area (Å²) in [5.74, 6) is 2.85. The van der Waals surface area contributed by atoms with E-state index >= 15 is 0 Å². The predicted molar refractivity (Wildman–Crippen MR) is 86.6 cm³/mol. The predicted octanol–water partition coefficient (Wildman–Crippen LogP) is 4.95. The molecule has 3 rings (SSSR count). The molecule has 1 N–H and O–H groups in total.